The first kappa shape index (κ1) is 16.0. The van der Waals surface area contributed by atoms with Crippen LogP contribution in [0.1, 0.15) is 38.7 Å². The lowest BCUT2D eigenvalue weighted by molar-refractivity contribution is 0.188. The van der Waals surface area contributed by atoms with Crippen LogP contribution in [0.15, 0.2) is 24.3 Å². The van der Waals surface area contributed by atoms with Gasteiger partial charge in [0.2, 0.25) is 0 Å². The molecule has 1 aromatic rings. The minimum absolute atomic E-state index is 0.174. The summed E-state index contributed by atoms with van der Waals surface area (Å²) in [5.74, 6) is 1.50. The van der Waals surface area contributed by atoms with Gasteiger partial charge >= 0.3 is 0 Å². The molecule has 0 aliphatic carbocycles. The topological polar surface area (TPSA) is 30.5 Å². The zero-order valence-corrected chi connectivity index (χ0v) is 12.6. The molecule has 108 valence electrons. The monoisotopic (exact) mass is 265 g/mol. The molecule has 1 N–H and O–H groups in total. The highest BCUT2D eigenvalue weighted by Crippen LogP contribution is 2.19. The van der Waals surface area contributed by atoms with Gasteiger partial charge < -0.3 is 14.8 Å². The van der Waals surface area contributed by atoms with E-state index in [9.17, 15) is 0 Å². The van der Waals surface area contributed by atoms with Gasteiger partial charge in [-0.25, -0.2) is 0 Å². The van der Waals surface area contributed by atoms with Gasteiger partial charge in [0, 0.05) is 20.3 Å². The standard InChI is InChI=1S/C16H27NO2/c1-13(2)15-6-8-16(9-7-15)19-14(3)12-17-10-5-11-18-4/h6-9,13-14,17H,5,10-12H2,1-4H3/t14-/m0/s1. The van der Waals surface area contributed by atoms with Crippen molar-refractivity contribution in [3.63, 3.8) is 0 Å². The Morgan fingerprint density at radius 2 is 1.79 bits per heavy atom. The average molecular weight is 265 g/mol. The van der Waals surface area contributed by atoms with Gasteiger partial charge in [-0.2, -0.15) is 0 Å². The van der Waals surface area contributed by atoms with E-state index in [-0.39, 0.29) is 6.10 Å². The van der Waals surface area contributed by atoms with E-state index in [1.165, 1.54) is 5.56 Å². The molecule has 19 heavy (non-hydrogen) atoms. The van der Waals surface area contributed by atoms with Crippen molar-refractivity contribution in [3.8, 4) is 5.75 Å². The van der Waals surface area contributed by atoms with Crippen LogP contribution in [0.4, 0.5) is 0 Å². The minimum atomic E-state index is 0.174. The molecule has 3 nitrogen and oxygen atoms in total. The molecule has 0 fully saturated rings. The summed E-state index contributed by atoms with van der Waals surface area (Å²) in [5.41, 5.74) is 1.35. The molecule has 0 saturated heterocycles. The van der Waals surface area contributed by atoms with Gasteiger partial charge in [-0.05, 0) is 43.5 Å². The first-order chi connectivity index (χ1) is 9.13. The third-order valence-electron chi connectivity index (χ3n) is 3.02. The molecule has 0 aromatic heterocycles. The zero-order chi connectivity index (χ0) is 14.1. The second-order valence-electron chi connectivity index (χ2n) is 5.20. The van der Waals surface area contributed by atoms with E-state index in [2.05, 4.69) is 50.4 Å². The van der Waals surface area contributed by atoms with Gasteiger partial charge in [-0.15, -0.1) is 0 Å². The van der Waals surface area contributed by atoms with Gasteiger partial charge in [0.05, 0.1) is 0 Å². The SMILES string of the molecule is COCCCNC[C@H](C)Oc1ccc(C(C)C)cc1. The van der Waals surface area contributed by atoms with Gasteiger partial charge in [0.25, 0.3) is 0 Å². The molecule has 0 unspecified atom stereocenters. The molecule has 1 atom stereocenters. The van der Waals surface area contributed by atoms with E-state index in [1.807, 2.05) is 0 Å². The Labute approximate surface area is 117 Å². The molecular weight excluding hydrogens is 238 g/mol. The van der Waals surface area contributed by atoms with Crippen LogP contribution in [0.2, 0.25) is 0 Å². The van der Waals surface area contributed by atoms with E-state index < -0.39 is 0 Å². The molecular formula is C16H27NO2. The maximum Gasteiger partial charge on any atom is 0.119 e. The van der Waals surface area contributed by atoms with Crippen LogP contribution >= 0.6 is 0 Å². The Balaban J connectivity index is 2.26. The van der Waals surface area contributed by atoms with Crippen LogP contribution in [-0.4, -0.2) is 32.9 Å². The molecule has 0 aliphatic rings. The second-order valence-corrected chi connectivity index (χ2v) is 5.20. The number of rotatable bonds is 9. The van der Waals surface area contributed by atoms with E-state index in [1.54, 1.807) is 7.11 Å². The zero-order valence-electron chi connectivity index (χ0n) is 12.6. The van der Waals surface area contributed by atoms with Gasteiger partial charge in [-0.1, -0.05) is 26.0 Å². The molecule has 0 heterocycles. The summed E-state index contributed by atoms with van der Waals surface area (Å²) in [6.07, 6.45) is 1.21. The number of nitrogens with one attached hydrogen (secondary N) is 1. The number of ether oxygens (including phenoxy) is 2. The number of hydrogen-bond acceptors (Lipinski definition) is 3. The maximum absolute atomic E-state index is 5.86. The van der Waals surface area contributed by atoms with Crippen molar-refractivity contribution in [1.82, 2.24) is 5.32 Å². The van der Waals surface area contributed by atoms with E-state index in [0.29, 0.717) is 5.92 Å². The smallest absolute Gasteiger partial charge is 0.119 e. The Morgan fingerprint density at radius 1 is 1.11 bits per heavy atom. The van der Waals surface area contributed by atoms with Crippen molar-refractivity contribution in [2.45, 2.75) is 39.2 Å². The number of hydrogen-bond donors (Lipinski definition) is 1. The average Bonchev–Trinajstić information content (AvgIpc) is 2.39. The summed E-state index contributed by atoms with van der Waals surface area (Å²) in [6.45, 7) is 9.10. The summed E-state index contributed by atoms with van der Waals surface area (Å²) in [4.78, 5) is 0. The van der Waals surface area contributed by atoms with Crippen LogP contribution in [0, 0.1) is 0 Å². The predicted octanol–water partition coefficient (Wildman–Crippen LogP) is 3.20. The largest absolute Gasteiger partial charge is 0.489 e. The van der Waals surface area contributed by atoms with Gasteiger partial charge in [-0.3, -0.25) is 0 Å². The lowest BCUT2D eigenvalue weighted by Gasteiger charge is -2.16. The fourth-order valence-electron chi connectivity index (χ4n) is 1.85. The van der Waals surface area contributed by atoms with Gasteiger partial charge in [0.1, 0.15) is 11.9 Å². The van der Waals surface area contributed by atoms with Gasteiger partial charge in [0.15, 0.2) is 0 Å². The summed E-state index contributed by atoms with van der Waals surface area (Å²) < 4.78 is 10.9. The highest BCUT2D eigenvalue weighted by molar-refractivity contribution is 5.29. The van der Waals surface area contributed by atoms with Crippen LogP contribution < -0.4 is 10.1 Å². The molecule has 1 rings (SSSR count). The molecule has 3 heteroatoms. The van der Waals surface area contributed by atoms with Crippen LogP contribution in [0.3, 0.4) is 0 Å². The quantitative estimate of drug-likeness (QED) is 0.696. The summed E-state index contributed by atoms with van der Waals surface area (Å²) in [5, 5.41) is 3.36. The summed E-state index contributed by atoms with van der Waals surface area (Å²) in [7, 11) is 1.73. The van der Waals surface area contributed by atoms with Crippen molar-refractivity contribution in [2.75, 3.05) is 26.8 Å². The normalized spacial score (nSPS) is 12.7. The fourth-order valence-corrected chi connectivity index (χ4v) is 1.85. The minimum Gasteiger partial charge on any atom is -0.489 e. The van der Waals surface area contributed by atoms with Crippen molar-refractivity contribution in [1.29, 1.82) is 0 Å². The highest BCUT2D eigenvalue weighted by Gasteiger charge is 2.04. The number of benzene rings is 1. The molecule has 0 saturated carbocycles. The van der Waals surface area contributed by atoms with Crippen LogP contribution in [0.5, 0.6) is 5.75 Å². The third kappa shape index (κ3) is 6.60. The first-order valence-corrected chi connectivity index (χ1v) is 7.09. The second kappa shape index (κ2) is 8.94. The Bertz CT molecular complexity index is 335. The van der Waals surface area contributed by atoms with Crippen molar-refractivity contribution >= 4 is 0 Å². The van der Waals surface area contributed by atoms with E-state index in [0.717, 1.165) is 31.9 Å². The maximum atomic E-state index is 5.86. The predicted molar refractivity (Wildman–Crippen MR) is 80.0 cm³/mol. The van der Waals surface area contributed by atoms with Crippen molar-refractivity contribution < 1.29 is 9.47 Å². The summed E-state index contributed by atoms with van der Waals surface area (Å²) in [6, 6.07) is 8.38. The van der Waals surface area contributed by atoms with Crippen molar-refractivity contribution in [2.24, 2.45) is 0 Å². The lowest BCUT2D eigenvalue weighted by atomic mass is 10.0. The van der Waals surface area contributed by atoms with E-state index >= 15 is 0 Å². The highest BCUT2D eigenvalue weighted by atomic mass is 16.5. The first-order valence-electron chi connectivity index (χ1n) is 7.09. The lowest BCUT2D eigenvalue weighted by Crippen LogP contribution is -2.30. The Kier molecular flexibility index (Phi) is 7.53. The molecule has 1 aromatic carbocycles. The molecule has 0 amide bonds. The third-order valence-corrected chi connectivity index (χ3v) is 3.02. The molecule has 0 spiro atoms. The fraction of sp³-hybridized carbons (Fsp3) is 0.625. The summed E-state index contributed by atoms with van der Waals surface area (Å²) >= 11 is 0. The van der Waals surface area contributed by atoms with Crippen molar-refractivity contribution in [3.05, 3.63) is 29.8 Å². The Hall–Kier alpha value is -1.06. The molecule has 0 radical (unpaired) electrons. The molecule has 0 bridgehead atoms. The molecule has 0 aliphatic heterocycles. The van der Waals surface area contributed by atoms with Crippen LogP contribution in [-0.2, 0) is 4.74 Å². The Morgan fingerprint density at radius 3 is 2.37 bits per heavy atom. The van der Waals surface area contributed by atoms with Crippen LogP contribution in [0.25, 0.3) is 0 Å². The number of methoxy groups -OCH3 is 1. The van der Waals surface area contributed by atoms with E-state index in [4.69, 9.17) is 9.47 Å².